The molecule has 2 rings (SSSR count). The molecule has 0 aliphatic carbocycles. The van der Waals surface area contributed by atoms with Crippen LogP contribution in [0.2, 0.25) is 0 Å². The van der Waals surface area contributed by atoms with E-state index in [-0.39, 0.29) is 11.5 Å². The predicted octanol–water partition coefficient (Wildman–Crippen LogP) is 3.80. The van der Waals surface area contributed by atoms with E-state index in [1.165, 1.54) is 30.0 Å². The van der Waals surface area contributed by atoms with Crippen molar-refractivity contribution in [3.63, 3.8) is 0 Å². The second kappa shape index (κ2) is 8.82. The van der Waals surface area contributed by atoms with Gasteiger partial charge in [0.1, 0.15) is 5.82 Å². The van der Waals surface area contributed by atoms with Crippen LogP contribution in [-0.2, 0) is 26.7 Å². The van der Waals surface area contributed by atoms with E-state index in [1.807, 2.05) is 13.8 Å². The Morgan fingerprint density at radius 3 is 2.46 bits per heavy atom. The lowest BCUT2D eigenvalue weighted by atomic mass is 9.81. The van der Waals surface area contributed by atoms with Crippen LogP contribution in [0.1, 0.15) is 43.4 Å². The van der Waals surface area contributed by atoms with Gasteiger partial charge in [-0.25, -0.2) is 14.0 Å². The van der Waals surface area contributed by atoms with Crippen molar-refractivity contribution in [3.8, 4) is 11.1 Å². The molecule has 1 heterocycles. The van der Waals surface area contributed by atoms with E-state index in [0.717, 1.165) is 0 Å². The molecule has 6 nitrogen and oxygen atoms in total. The summed E-state index contributed by atoms with van der Waals surface area (Å²) in [4.78, 5) is 23.9. The quantitative estimate of drug-likeness (QED) is 0.533. The van der Waals surface area contributed by atoms with Gasteiger partial charge in [0, 0.05) is 24.1 Å². The Hall–Kier alpha value is -2.96. The molecule has 0 aliphatic heterocycles. The van der Waals surface area contributed by atoms with E-state index in [9.17, 15) is 14.0 Å². The van der Waals surface area contributed by atoms with E-state index in [1.54, 1.807) is 32.2 Å². The maximum atomic E-state index is 13.4. The second-order valence-corrected chi connectivity index (χ2v) is 6.94. The highest BCUT2D eigenvalue weighted by molar-refractivity contribution is 5.96. The number of aryl methyl sites for hydroxylation is 1. The molecule has 2 aromatic rings. The average Bonchev–Trinajstić information content (AvgIpc) is 3.00. The van der Waals surface area contributed by atoms with Crippen molar-refractivity contribution in [1.29, 1.82) is 0 Å². The molecule has 0 amide bonds. The summed E-state index contributed by atoms with van der Waals surface area (Å²) in [7, 11) is 2.96. The topological polar surface area (TPSA) is 70.4 Å². The number of carbonyl (C=O) groups is 2. The Kier molecular flexibility index (Phi) is 6.72. The van der Waals surface area contributed by atoms with Crippen molar-refractivity contribution in [2.45, 2.75) is 32.6 Å². The van der Waals surface area contributed by atoms with Crippen molar-refractivity contribution in [2.75, 3.05) is 13.7 Å². The maximum absolute atomic E-state index is 13.4. The molecular formula is C21H25FN2O4. The summed E-state index contributed by atoms with van der Waals surface area (Å²) in [5.41, 5.74) is 1.66. The van der Waals surface area contributed by atoms with E-state index >= 15 is 0 Å². The number of aromatic nitrogens is 2. The van der Waals surface area contributed by atoms with Crippen molar-refractivity contribution in [2.24, 2.45) is 7.05 Å². The number of allylic oxidation sites excluding steroid dienone is 1. The van der Waals surface area contributed by atoms with Gasteiger partial charge >= 0.3 is 11.9 Å². The van der Waals surface area contributed by atoms with Crippen LogP contribution in [0.15, 0.2) is 36.4 Å². The van der Waals surface area contributed by atoms with Gasteiger partial charge in [0.15, 0.2) is 5.69 Å². The highest BCUT2D eigenvalue weighted by Gasteiger charge is 2.32. The van der Waals surface area contributed by atoms with Crippen LogP contribution in [0.25, 0.3) is 11.1 Å². The number of carbonyl (C=O) groups excluding carboxylic acids is 2. The van der Waals surface area contributed by atoms with Crippen LogP contribution in [0.3, 0.4) is 0 Å². The van der Waals surface area contributed by atoms with Crippen LogP contribution >= 0.6 is 0 Å². The Morgan fingerprint density at radius 2 is 1.89 bits per heavy atom. The van der Waals surface area contributed by atoms with Crippen LogP contribution < -0.4 is 0 Å². The highest BCUT2D eigenvalue weighted by atomic mass is 19.1. The first kappa shape index (κ1) is 21.3. The standard InChI is InChI=1S/C21H25FN2O4/c1-6-28-16(25)8-7-13-21(2,3)19-17(14-9-11-15(22)12-10-14)18(20(26)27-5)24(4)23-19/h7-12H,6,13H2,1-5H3/b8-7+. The molecule has 150 valence electrons. The number of halogens is 1. The fraction of sp³-hybridized carbons (Fsp3) is 0.381. The molecule has 0 atom stereocenters. The number of ether oxygens (including phenoxy) is 2. The lowest BCUT2D eigenvalue weighted by Crippen LogP contribution is -2.18. The number of hydrogen-bond donors (Lipinski definition) is 0. The molecule has 0 bridgehead atoms. The van der Waals surface area contributed by atoms with Crippen LogP contribution in [0.4, 0.5) is 4.39 Å². The molecule has 0 saturated carbocycles. The van der Waals surface area contributed by atoms with Crippen LogP contribution in [0, 0.1) is 5.82 Å². The zero-order valence-corrected chi connectivity index (χ0v) is 16.8. The van der Waals surface area contributed by atoms with Crippen molar-refractivity contribution in [1.82, 2.24) is 9.78 Å². The zero-order valence-electron chi connectivity index (χ0n) is 16.8. The van der Waals surface area contributed by atoms with Gasteiger partial charge in [-0.3, -0.25) is 4.68 Å². The van der Waals surface area contributed by atoms with E-state index < -0.39 is 17.4 Å². The third-order valence-electron chi connectivity index (χ3n) is 4.37. The summed E-state index contributed by atoms with van der Waals surface area (Å²) in [6.45, 7) is 5.97. The summed E-state index contributed by atoms with van der Waals surface area (Å²) in [6, 6.07) is 5.88. The molecule has 0 saturated heterocycles. The first-order valence-corrected chi connectivity index (χ1v) is 8.96. The number of hydrogen-bond acceptors (Lipinski definition) is 5. The van der Waals surface area contributed by atoms with Gasteiger partial charge in [-0.15, -0.1) is 0 Å². The molecule has 1 aromatic carbocycles. The predicted molar refractivity (Wildman–Crippen MR) is 103 cm³/mol. The lowest BCUT2D eigenvalue weighted by Gasteiger charge is -2.22. The minimum absolute atomic E-state index is 0.284. The van der Waals surface area contributed by atoms with Gasteiger partial charge in [-0.05, 0) is 31.0 Å². The SMILES string of the molecule is CCOC(=O)/C=C/CC(C)(C)c1nn(C)c(C(=O)OC)c1-c1ccc(F)cc1. The smallest absolute Gasteiger partial charge is 0.356 e. The van der Waals surface area contributed by atoms with Crippen molar-refractivity contribution >= 4 is 11.9 Å². The summed E-state index contributed by atoms with van der Waals surface area (Å²) in [5.74, 6) is -1.31. The molecule has 0 aliphatic rings. The molecule has 1 aromatic heterocycles. The molecule has 0 unspecified atom stereocenters. The normalized spacial score (nSPS) is 11.6. The molecule has 0 radical (unpaired) electrons. The summed E-state index contributed by atoms with van der Waals surface area (Å²) >= 11 is 0. The summed E-state index contributed by atoms with van der Waals surface area (Å²) < 4.78 is 24.7. The largest absolute Gasteiger partial charge is 0.464 e. The minimum Gasteiger partial charge on any atom is -0.464 e. The average molecular weight is 388 g/mol. The Labute approximate surface area is 164 Å². The second-order valence-electron chi connectivity index (χ2n) is 6.94. The molecule has 0 fully saturated rings. The minimum atomic E-state index is -0.529. The number of esters is 2. The van der Waals surface area contributed by atoms with Crippen LogP contribution in [0.5, 0.6) is 0 Å². The number of methoxy groups -OCH3 is 1. The van der Waals surface area contributed by atoms with E-state index in [4.69, 9.17) is 9.47 Å². The van der Waals surface area contributed by atoms with Crippen LogP contribution in [-0.4, -0.2) is 35.4 Å². The van der Waals surface area contributed by atoms with Gasteiger partial charge in [0.2, 0.25) is 0 Å². The summed E-state index contributed by atoms with van der Waals surface area (Å²) in [5, 5.41) is 4.56. The Bertz CT molecular complexity index is 883. The summed E-state index contributed by atoms with van der Waals surface area (Å²) in [6.07, 6.45) is 3.59. The number of nitrogens with zero attached hydrogens (tertiary/aromatic N) is 2. The van der Waals surface area contributed by atoms with Crippen molar-refractivity contribution in [3.05, 3.63) is 53.6 Å². The van der Waals surface area contributed by atoms with Gasteiger partial charge < -0.3 is 9.47 Å². The fourth-order valence-corrected chi connectivity index (χ4v) is 2.96. The van der Waals surface area contributed by atoms with E-state index in [2.05, 4.69) is 5.10 Å². The Morgan fingerprint density at radius 1 is 1.25 bits per heavy atom. The third-order valence-corrected chi connectivity index (χ3v) is 4.37. The molecular weight excluding hydrogens is 363 g/mol. The zero-order chi connectivity index (χ0) is 20.9. The van der Waals surface area contributed by atoms with Crippen molar-refractivity contribution < 1.29 is 23.5 Å². The van der Waals surface area contributed by atoms with Gasteiger partial charge in [0.05, 0.1) is 19.4 Å². The fourth-order valence-electron chi connectivity index (χ4n) is 2.96. The first-order chi connectivity index (χ1) is 13.2. The number of rotatable bonds is 7. The van der Waals surface area contributed by atoms with Gasteiger partial charge in [-0.1, -0.05) is 32.1 Å². The lowest BCUT2D eigenvalue weighted by molar-refractivity contribution is -0.137. The first-order valence-electron chi connectivity index (χ1n) is 8.96. The molecule has 28 heavy (non-hydrogen) atoms. The molecule has 0 N–H and O–H groups in total. The number of benzene rings is 1. The third kappa shape index (κ3) is 4.65. The van der Waals surface area contributed by atoms with Gasteiger partial charge in [-0.2, -0.15) is 5.10 Å². The maximum Gasteiger partial charge on any atom is 0.356 e. The Balaban J connectivity index is 2.52. The highest BCUT2D eigenvalue weighted by Crippen LogP contribution is 2.37. The monoisotopic (exact) mass is 388 g/mol. The van der Waals surface area contributed by atoms with Gasteiger partial charge in [0.25, 0.3) is 0 Å². The molecule has 0 spiro atoms. The molecule has 7 heteroatoms. The van der Waals surface area contributed by atoms with E-state index in [0.29, 0.717) is 29.8 Å².